The first-order chi connectivity index (χ1) is 13.0. The maximum atomic E-state index is 10.5. The van der Waals surface area contributed by atoms with Crippen molar-refractivity contribution in [2.45, 2.75) is 32.7 Å². The molecule has 1 atom stereocenters. The number of nitrogens with one attached hydrogen (secondary N) is 1. The number of likely N-dealkylation sites (N-methyl/N-ethyl adjacent to an activating group) is 1. The summed E-state index contributed by atoms with van der Waals surface area (Å²) in [5, 5.41) is 24.9. The molecule has 1 aliphatic rings. The SMILES string of the molecule is Cc1cc(C)c(-c2nnc(N[C@@H]3CCCN(C)C3)c3cnccc23)c(O)c1. The molecular formula is C21H25N5O. The third-order valence-electron chi connectivity index (χ3n) is 5.24. The summed E-state index contributed by atoms with van der Waals surface area (Å²) in [6, 6.07) is 6.10. The molecule has 0 spiro atoms. The fraction of sp³-hybridized carbons (Fsp3) is 0.381. The average molecular weight is 363 g/mol. The number of phenolic OH excluding ortho intramolecular Hbond substituents is 1. The van der Waals surface area contributed by atoms with Crippen molar-refractivity contribution in [1.29, 1.82) is 0 Å². The smallest absolute Gasteiger partial charge is 0.158 e. The molecule has 2 N–H and O–H groups in total. The Labute approximate surface area is 159 Å². The van der Waals surface area contributed by atoms with Gasteiger partial charge < -0.3 is 15.3 Å². The number of nitrogens with zero attached hydrogens (tertiary/aromatic N) is 4. The van der Waals surface area contributed by atoms with E-state index in [4.69, 9.17) is 0 Å². The van der Waals surface area contributed by atoms with Gasteiger partial charge in [0.2, 0.25) is 0 Å². The first-order valence-corrected chi connectivity index (χ1v) is 9.39. The topological polar surface area (TPSA) is 74.2 Å². The molecule has 140 valence electrons. The number of hydrogen-bond donors (Lipinski definition) is 2. The molecule has 0 unspecified atom stereocenters. The minimum atomic E-state index is 0.231. The lowest BCUT2D eigenvalue weighted by atomic mass is 9.98. The van der Waals surface area contributed by atoms with Crippen molar-refractivity contribution in [3.63, 3.8) is 0 Å². The van der Waals surface area contributed by atoms with E-state index in [2.05, 4.69) is 32.4 Å². The lowest BCUT2D eigenvalue weighted by Crippen LogP contribution is -2.40. The number of likely N-dealkylation sites (tertiary alicyclic amines) is 1. The molecule has 0 saturated carbocycles. The number of aromatic hydroxyl groups is 1. The molecule has 1 aliphatic heterocycles. The Morgan fingerprint density at radius 1 is 1.19 bits per heavy atom. The summed E-state index contributed by atoms with van der Waals surface area (Å²) in [5.74, 6) is 0.987. The zero-order valence-electron chi connectivity index (χ0n) is 16.0. The maximum Gasteiger partial charge on any atom is 0.158 e. The van der Waals surface area contributed by atoms with Crippen LogP contribution < -0.4 is 5.32 Å². The van der Waals surface area contributed by atoms with Crippen LogP contribution in [0.4, 0.5) is 5.82 Å². The van der Waals surface area contributed by atoms with Crippen LogP contribution in [0.2, 0.25) is 0 Å². The van der Waals surface area contributed by atoms with E-state index < -0.39 is 0 Å². The second kappa shape index (κ2) is 7.12. The Morgan fingerprint density at radius 3 is 2.81 bits per heavy atom. The highest BCUT2D eigenvalue weighted by molar-refractivity contribution is 6.01. The number of phenols is 1. The van der Waals surface area contributed by atoms with E-state index in [1.807, 2.05) is 32.2 Å². The molecule has 0 amide bonds. The maximum absolute atomic E-state index is 10.5. The summed E-state index contributed by atoms with van der Waals surface area (Å²) < 4.78 is 0. The second-order valence-corrected chi connectivity index (χ2v) is 7.54. The van der Waals surface area contributed by atoms with Crippen LogP contribution >= 0.6 is 0 Å². The van der Waals surface area contributed by atoms with Crippen LogP contribution in [0.3, 0.4) is 0 Å². The van der Waals surface area contributed by atoms with Crippen LogP contribution in [0.5, 0.6) is 5.75 Å². The van der Waals surface area contributed by atoms with Gasteiger partial charge >= 0.3 is 0 Å². The normalized spacial score (nSPS) is 18.0. The molecule has 1 aromatic carbocycles. The molecule has 3 heterocycles. The Morgan fingerprint density at radius 2 is 2.04 bits per heavy atom. The van der Waals surface area contributed by atoms with E-state index in [1.54, 1.807) is 12.3 Å². The van der Waals surface area contributed by atoms with Gasteiger partial charge in [-0.15, -0.1) is 10.2 Å². The largest absolute Gasteiger partial charge is 0.507 e. The molecule has 0 radical (unpaired) electrons. The van der Waals surface area contributed by atoms with Crippen molar-refractivity contribution in [3.8, 4) is 17.0 Å². The van der Waals surface area contributed by atoms with Gasteiger partial charge in [-0.25, -0.2) is 0 Å². The van der Waals surface area contributed by atoms with E-state index in [9.17, 15) is 5.11 Å². The summed E-state index contributed by atoms with van der Waals surface area (Å²) in [7, 11) is 2.14. The van der Waals surface area contributed by atoms with E-state index in [0.29, 0.717) is 11.7 Å². The first-order valence-electron chi connectivity index (χ1n) is 9.39. The molecule has 27 heavy (non-hydrogen) atoms. The third-order valence-corrected chi connectivity index (χ3v) is 5.24. The van der Waals surface area contributed by atoms with Gasteiger partial charge in [0.05, 0.1) is 0 Å². The van der Waals surface area contributed by atoms with Gasteiger partial charge in [-0.3, -0.25) is 4.98 Å². The number of aryl methyl sites for hydroxylation is 2. The number of piperidine rings is 1. The number of rotatable bonds is 3. The van der Waals surface area contributed by atoms with Crippen molar-refractivity contribution >= 4 is 16.6 Å². The molecule has 3 aromatic rings. The Balaban J connectivity index is 1.79. The van der Waals surface area contributed by atoms with E-state index in [0.717, 1.165) is 52.8 Å². The van der Waals surface area contributed by atoms with Crippen molar-refractivity contribution in [3.05, 3.63) is 41.7 Å². The zero-order valence-corrected chi connectivity index (χ0v) is 16.0. The van der Waals surface area contributed by atoms with Gasteiger partial charge in [0.15, 0.2) is 5.82 Å². The number of benzene rings is 1. The number of hydrogen-bond acceptors (Lipinski definition) is 6. The third kappa shape index (κ3) is 3.45. The van der Waals surface area contributed by atoms with Gasteiger partial charge in [-0.2, -0.15) is 0 Å². The van der Waals surface area contributed by atoms with Crippen LogP contribution in [0.25, 0.3) is 22.0 Å². The van der Waals surface area contributed by atoms with E-state index in [-0.39, 0.29) is 5.75 Å². The van der Waals surface area contributed by atoms with Crippen LogP contribution in [-0.2, 0) is 0 Å². The lowest BCUT2D eigenvalue weighted by molar-refractivity contribution is 0.261. The zero-order chi connectivity index (χ0) is 19.0. The summed E-state index contributed by atoms with van der Waals surface area (Å²) in [4.78, 5) is 6.63. The molecule has 1 fully saturated rings. The summed E-state index contributed by atoms with van der Waals surface area (Å²) in [6.07, 6.45) is 5.87. The molecule has 1 saturated heterocycles. The monoisotopic (exact) mass is 363 g/mol. The van der Waals surface area contributed by atoms with Crippen LogP contribution in [0.15, 0.2) is 30.6 Å². The minimum absolute atomic E-state index is 0.231. The average Bonchev–Trinajstić information content (AvgIpc) is 2.62. The van der Waals surface area contributed by atoms with Gasteiger partial charge in [0.1, 0.15) is 11.4 Å². The van der Waals surface area contributed by atoms with E-state index >= 15 is 0 Å². The number of fused-ring (bicyclic) bond motifs is 1. The predicted molar refractivity (Wildman–Crippen MR) is 108 cm³/mol. The van der Waals surface area contributed by atoms with Crippen molar-refractivity contribution in [2.24, 2.45) is 0 Å². The lowest BCUT2D eigenvalue weighted by Gasteiger charge is -2.30. The van der Waals surface area contributed by atoms with Crippen molar-refractivity contribution < 1.29 is 5.11 Å². The van der Waals surface area contributed by atoms with Gasteiger partial charge in [0.25, 0.3) is 0 Å². The molecule has 6 nitrogen and oxygen atoms in total. The molecule has 0 aliphatic carbocycles. The van der Waals surface area contributed by atoms with E-state index in [1.165, 1.54) is 6.42 Å². The molecule has 2 aromatic heterocycles. The van der Waals surface area contributed by atoms with Crippen molar-refractivity contribution in [2.75, 3.05) is 25.5 Å². The summed E-state index contributed by atoms with van der Waals surface area (Å²) in [5.41, 5.74) is 3.42. The van der Waals surface area contributed by atoms with Gasteiger partial charge in [-0.1, -0.05) is 6.07 Å². The number of aromatic nitrogens is 3. The van der Waals surface area contributed by atoms with Crippen LogP contribution in [0, 0.1) is 13.8 Å². The standard InChI is InChI=1S/C21H25N5O/c1-13-9-14(2)19(18(27)10-13)20-16-6-7-22-11-17(16)21(25-24-20)23-15-5-4-8-26(3)12-15/h6-7,9-11,15,27H,4-5,8,12H2,1-3H3,(H,23,25)/t15-/m1/s1. The highest BCUT2D eigenvalue weighted by atomic mass is 16.3. The molecular weight excluding hydrogens is 338 g/mol. The van der Waals surface area contributed by atoms with Gasteiger partial charge in [-0.05, 0) is 63.5 Å². The highest BCUT2D eigenvalue weighted by Crippen LogP contribution is 2.37. The Kier molecular flexibility index (Phi) is 4.66. The summed E-state index contributed by atoms with van der Waals surface area (Å²) >= 11 is 0. The number of anilines is 1. The summed E-state index contributed by atoms with van der Waals surface area (Å²) in [6.45, 7) is 6.08. The first kappa shape index (κ1) is 17.7. The fourth-order valence-corrected chi connectivity index (χ4v) is 4.02. The predicted octanol–water partition coefficient (Wildman–Crippen LogP) is 3.52. The van der Waals surface area contributed by atoms with Gasteiger partial charge in [0, 0.05) is 41.3 Å². The quantitative estimate of drug-likeness (QED) is 0.742. The molecule has 6 heteroatoms. The molecule has 0 bridgehead atoms. The molecule has 4 rings (SSSR count). The van der Waals surface area contributed by atoms with Crippen molar-refractivity contribution in [1.82, 2.24) is 20.1 Å². The highest BCUT2D eigenvalue weighted by Gasteiger charge is 2.21. The second-order valence-electron chi connectivity index (χ2n) is 7.54. The fourth-order valence-electron chi connectivity index (χ4n) is 4.02. The minimum Gasteiger partial charge on any atom is -0.507 e. The van der Waals surface area contributed by atoms with Crippen LogP contribution in [0.1, 0.15) is 24.0 Å². The van der Waals surface area contributed by atoms with Crippen LogP contribution in [-0.4, -0.2) is 51.4 Å². The Bertz CT molecular complexity index is 964. The Hall–Kier alpha value is -2.73. The number of pyridine rings is 1.